The van der Waals surface area contributed by atoms with Crippen molar-refractivity contribution in [3.05, 3.63) is 34.9 Å². The number of likely N-dealkylation sites (N-methyl/N-ethyl adjacent to an activating group) is 1. The lowest BCUT2D eigenvalue weighted by Crippen LogP contribution is -2.52. The van der Waals surface area contributed by atoms with Crippen molar-refractivity contribution in [3.63, 3.8) is 0 Å². The van der Waals surface area contributed by atoms with E-state index < -0.39 is 0 Å². The van der Waals surface area contributed by atoms with Gasteiger partial charge in [-0.3, -0.25) is 0 Å². The number of hydrogen-bond donors (Lipinski definition) is 1. The summed E-state index contributed by atoms with van der Waals surface area (Å²) in [7, 11) is 4.43. The topological polar surface area (TPSA) is 15.3 Å². The van der Waals surface area contributed by atoms with E-state index in [9.17, 15) is 0 Å². The Kier molecular flexibility index (Phi) is 5.26. The van der Waals surface area contributed by atoms with E-state index >= 15 is 0 Å². The third-order valence-electron chi connectivity index (χ3n) is 4.41. The van der Waals surface area contributed by atoms with Gasteiger partial charge in [0.25, 0.3) is 0 Å². The van der Waals surface area contributed by atoms with Crippen LogP contribution in [0.3, 0.4) is 0 Å². The van der Waals surface area contributed by atoms with Gasteiger partial charge in [-0.05, 0) is 44.6 Å². The van der Waals surface area contributed by atoms with Gasteiger partial charge in [-0.25, -0.2) is 0 Å². The summed E-state index contributed by atoms with van der Waals surface area (Å²) in [6.45, 7) is 1.96. The molecular formula is C16H25ClN2. The molecule has 2 nitrogen and oxygen atoms in total. The van der Waals surface area contributed by atoms with E-state index in [4.69, 9.17) is 11.6 Å². The zero-order valence-electron chi connectivity index (χ0n) is 12.1. The predicted octanol–water partition coefficient (Wildman–Crippen LogP) is 3.69. The lowest BCUT2D eigenvalue weighted by atomic mass is 9.80. The molecular weight excluding hydrogens is 256 g/mol. The third-order valence-corrected chi connectivity index (χ3v) is 4.64. The molecule has 0 atom stereocenters. The van der Waals surface area contributed by atoms with Gasteiger partial charge in [-0.1, -0.05) is 43.0 Å². The maximum absolute atomic E-state index is 6.01. The Hall–Kier alpha value is -0.570. The molecule has 1 saturated carbocycles. The van der Waals surface area contributed by atoms with Crippen molar-refractivity contribution in [1.29, 1.82) is 0 Å². The van der Waals surface area contributed by atoms with E-state index in [1.807, 2.05) is 18.2 Å². The molecule has 0 spiro atoms. The van der Waals surface area contributed by atoms with Crippen molar-refractivity contribution in [1.82, 2.24) is 10.2 Å². The van der Waals surface area contributed by atoms with Gasteiger partial charge in [0, 0.05) is 23.7 Å². The Morgan fingerprint density at radius 2 is 1.95 bits per heavy atom. The highest BCUT2D eigenvalue weighted by Crippen LogP contribution is 2.31. The molecule has 1 aliphatic rings. The summed E-state index contributed by atoms with van der Waals surface area (Å²) in [5.41, 5.74) is 1.61. The van der Waals surface area contributed by atoms with E-state index in [1.54, 1.807) is 0 Å². The van der Waals surface area contributed by atoms with Gasteiger partial charge in [-0.2, -0.15) is 0 Å². The van der Waals surface area contributed by atoms with Crippen molar-refractivity contribution < 1.29 is 0 Å². The summed E-state index contributed by atoms with van der Waals surface area (Å²) in [4.78, 5) is 2.41. The summed E-state index contributed by atoms with van der Waals surface area (Å²) in [5, 5.41) is 4.44. The highest BCUT2D eigenvalue weighted by atomic mass is 35.5. The first kappa shape index (κ1) is 14.8. The van der Waals surface area contributed by atoms with Crippen molar-refractivity contribution in [3.8, 4) is 0 Å². The maximum Gasteiger partial charge on any atom is 0.0409 e. The zero-order valence-corrected chi connectivity index (χ0v) is 12.8. The minimum atomic E-state index is 0.344. The monoisotopic (exact) mass is 280 g/mol. The molecule has 0 amide bonds. The molecule has 1 N–H and O–H groups in total. The predicted molar refractivity (Wildman–Crippen MR) is 82.7 cm³/mol. The number of halogens is 1. The molecule has 0 radical (unpaired) electrons. The Labute approximate surface area is 122 Å². The van der Waals surface area contributed by atoms with Gasteiger partial charge < -0.3 is 10.2 Å². The SMILES string of the molecule is CN(C)C1(CNCc2cccc(Cl)c2)CCCCC1. The summed E-state index contributed by atoms with van der Waals surface area (Å²) < 4.78 is 0. The number of nitrogens with zero attached hydrogens (tertiary/aromatic N) is 1. The van der Waals surface area contributed by atoms with Crippen LogP contribution in [0.15, 0.2) is 24.3 Å². The minimum Gasteiger partial charge on any atom is -0.311 e. The van der Waals surface area contributed by atoms with Crippen molar-refractivity contribution in [2.24, 2.45) is 0 Å². The van der Waals surface area contributed by atoms with Crippen LogP contribution in [-0.2, 0) is 6.54 Å². The zero-order chi connectivity index (χ0) is 13.7. The Balaban J connectivity index is 1.89. The van der Waals surface area contributed by atoms with Crippen molar-refractivity contribution in [2.45, 2.75) is 44.2 Å². The van der Waals surface area contributed by atoms with Crippen LogP contribution in [0.5, 0.6) is 0 Å². The fourth-order valence-corrected chi connectivity index (χ4v) is 3.29. The summed E-state index contributed by atoms with van der Waals surface area (Å²) >= 11 is 6.01. The fourth-order valence-electron chi connectivity index (χ4n) is 3.08. The molecule has 1 aromatic carbocycles. The van der Waals surface area contributed by atoms with Crippen LogP contribution in [0.2, 0.25) is 5.02 Å². The summed E-state index contributed by atoms with van der Waals surface area (Å²) in [6, 6.07) is 8.11. The first-order valence-electron chi connectivity index (χ1n) is 7.25. The van der Waals surface area contributed by atoms with Gasteiger partial charge >= 0.3 is 0 Å². The standard InChI is InChI=1S/C16H25ClN2/c1-19(2)16(9-4-3-5-10-16)13-18-12-14-7-6-8-15(17)11-14/h6-8,11,18H,3-5,9-10,12-13H2,1-2H3. The summed E-state index contributed by atoms with van der Waals surface area (Å²) in [6.07, 6.45) is 6.73. The fraction of sp³-hybridized carbons (Fsp3) is 0.625. The molecule has 0 unspecified atom stereocenters. The number of rotatable bonds is 5. The molecule has 0 aromatic heterocycles. The second-order valence-electron chi connectivity index (χ2n) is 5.91. The molecule has 1 aromatic rings. The Morgan fingerprint density at radius 3 is 2.58 bits per heavy atom. The van der Waals surface area contributed by atoms with Crippen molar-refractivity contribution in [2.75, 3.05) is 20.6 Å². The van der Waals surface area contributed by atoms with Crippen LogP contribution in [0, 0.1) is 0 Å². The molecule has 3 heteroatoms. The van der Waals surface area contributed by atoms with E-state index in [1.165, 1.54) is 37.7 Å². The average Bonchev–Trinajstić information content (AvgIpc) is 2.40. The van der Waals surface area contributed by atoms with Crippen LogP contribution in [0.1, 0.15) is 37.7 Å². The first-order chi connectivity index (χ1) is 9.12. The molecule has 106 valence electrons. The molecule has 1 fully saturated rings. The van der Waals surface area contributed by atoms with E-state index in [0.29, 0.717) is 5.54 Å². The molecule has 0 saturated heterocycles. The molecule has 19 heavy (non-hydrogen) atoms. The second-order valence-corrected chi connectivity index (χ2v) is 6.35. The smallest absolute Gasteiger partial charge is 0.0409 e. The molecule has 0 bridgehead atoms. The van der Waals surface area contributed by atoms with E-state index in [-0.39, 0.29) is 0 Å². The highest BCUT2D eigenvalue weighted by molar-refractivity contribution is 6.30. The van der Waals surface area contributed by atoms with E-state index in [2.05, 4.69) is 30.4 Å². The van der Waals surface area contributed by atoms with Crippen LogP contribution in [0.25, 0.3) is 0 Å². The number of benzene rings is 1. The van der Waals surface area contributed by atoms with Gasteiger partial charge in [0.1, 0.15) is 0 Å². The normalized spacial score (nSPS) is 18.7. The molecule has 1 aliphatic carbocycles. The van der Waals surface area contributed by atoms with Gasteiger partial charge in [0.2, 0.25) is 0 Å². The third kappa shape index (κ3) is 3.95. The molecule has 2 rings (SSSR count). The van der Waals surface area contributed by atoms with Crippen LogP contribution < -0.4 is 5.32 Å². The number of hydrogen-bond acceptors (Lipinski definition) is 2. The highest BCUT2D eigenvalue weighted by Gasteiger charge is 2.33. The van der Waals surface area contributed by atoms with Gasteiger partial charge in [0.15, 0.2) is 0 Å². The van der Waals surface area contributed by atoms with Crippen LogP contribution in [-0.4, -0.2) is 31.1 Å². The lowest BCUT2D eigenvalue weighted by molar-refractivity contribution is 0.0984. The first-order valence-corrected chi connectivity index (χ1v) is 7.63. The largest absolute Gasteiger partial charge is 0.311 e. The Bertz CT molecular complexity index is 397. The van der Waals surface area contributed by atoms with Crippen LogP contribution >= 0.6 is 11.6 Å². The number of nitrogens with one attached hydrogen (secondary N) is 1. The second kappa shape index (κ2) is 6.74. The average molecular weight is 281 g/mol. The summed E-state index contributed by atoms with van der Waals surface area (Å²) in [5.74, 6) is 0. The van der Waals surface area contributed by atoms with Gasteiger partial charge in [0.05, 0.1) is 0 Å². The minimum absolute atomic E-state index is 0.344. The lowest BCUT2D eigenvalue weighted by Gasteiger charge is -2.43. The van der Waals surface area contributed by atoms with Gasteiger partial charge in [-0.15, -0.1) is 0 Å². The maximum atomic E-state index is 6.01. The molecule has 0 heterocycles. The Morgan fingerprint density at radius 1 is 1.21 bits per heavy atom. The van der Waals surface area contributed by atoms with Crippen molar-refractivity contribution >= 4 is 11.6 Å². The molecule has 0 aliphatic heterocycles. The van der Waals surface area contributed by atoms with Crippen LogP contribution in [0.4, 0.5) is 0 Å². The quantitative estimate of drug-likeness (QED) is 0.885. The van der Waals surface area contributed by atoms with E-state index in [0.717, 1.165) is 18.1 Å².